The Kier molecular flexibility index (Phi) is 24.2. The number of aliphatic carboxylic acids is 3. The van der Waals surface area contributed by atoms with Crippen LogP contribution in [-0.2, 0) is 52.7 Å². The van der Waals surface area contributed by atoms with Gasteiger partial charge >= 0.3 is 23.1 Å². The van der Waals surface area contributed by atoms with Crippen LogP contribution < -0.4 is 37.3 Å². The summed E-state index contributed by atoms with van der Waals surface area (Å²) in [5.41, 5.74) is 2.65. The molecule has 1 aromatic carbocycles. The van der Waals surface area contributed by atoms with E-state index < -0.39 is 156 Å². The Morgan fingerprint density at radius 2 is 1.17 bits per heavy atom. The lowest BCUT2D eigenvalue weighted by molar-refractivity contribution is -0.144. The van der Waals surface area contributed by atoms with Crippen LogP contribution in [0.15, 0.2) is 35.2 Å². The number of hydrogen-bond donors (Lipinski definition) is 11. The average Bonchev–Trinajstić information content (AvgIpc) is 3.76. The fourth-order valence-corrected chi connectivity index (χ4v) is 7.78. The molecule has 1 aliphatic heterocycles. The van der Waals surface area contributed by atoms with Crippen LogP contribution in [0.25, 0.3) is 0 Å². The van der Waals surface area contributed by atoms with Crippen LogP contribution in [-0.4, -0.2) is 162 Å². The van der Waals surface area contributed by atoms with Crippen LogP contribution in [0.3, 0.4) is 0 Å². The van der Waals surface area contributed by atoms with Crippen molar-refractivity contribution in [2.75, 3.05) is 13.1 Å². The van der Waals surface area contributed by atoms with Gasteiger partial charge in [0.2, 0.25) is 41.4 Å². The van der Waals surface area contributed by atoms with Crippen molar-refractivity contribution in [1.82, 2.24) is 47.2 Å². The first kappa shape index (κ1) is 59.3. The van der Waals surface area contributed by atoms with Gasteiger partial charge in [0.05, 0.1) is 18.9 Å². The monoisotopic (exact) mass is 1010 g/mol. The third kappa shape index (κ3) is 19.3. The lowest BCUT2D eigenvalue weighted by Gasteiger charge is -2.33. The Morgan fingerprint density at radius 1 is 0.671 bits per heavy atom. The quantitative estimate of drug-likeness (QED) is 0.0394. The number of carbonyl (C=O) groups is 12. The number of carboxylic acids is 3. The normalized spacial score (nSPS) is 16.2. The van der Waals surface area contributed by atoms with E-state index in [0.29, 0.717) is 17.7 Å². The zero-order valence-corrected chi connectivity index (χ0v) is 40.8. The van der Waals surface area contributed by atoms with Gasteiger partial charge in [0.1, 0.15) is 42.3 Å². The van der Waals surface area contributed by atoms with Crippen molar-refractivity contribution in [1.29, 1.82) is 0 Å². The average molecular weight is 1010 g/mol. The number of carbonyl (C=O) groups excluding carboxylic acids is 9. The van der Waals surface area contributed by atoms with Crippen molar-refractivity contribution < 1.29 is 78.0 Å². The topological polar surface area (TPSA) is 376 Å². The zero-order valence-electron chi connectivity index (χ0n) is 40.0. The van der Waals surface area contributed by atoms with Crippen molar-refractivity contribution in [2.24, 2.45) is 11.8 Å². The van der Waals surface area contributed by atoms with Gasteiger partial charge in [-0.25, -0.2) is 5.01 Å². The summed E-state index contributed by atoms with van der Waals surface area (Å²) in [5, 5.41) is 52.9. The molecule has 1 aromatic rings. The second-order valence-electron chi connectivity index (χ2n) is 17.2. The molecule has 0 saturated carbocycles. The number of hydrazine groups is 1. The molecule has 2 rings (SSSR count). The van der Waals surface area contributed by atoms with Gasteiger partial charge in [0.15, 0.2) is 0 Å². The van der Waals surface area contributed by atoms with E-state index in [-0.39, 0.29) is 19.5 Å². The first-order chi connectivity index (χ1) is 32.8. The maximum Gasteiger partial charge on any atom is 0.305 e. The van der Waals surface area contributed by atoms with Gasteiger partial charge in [0, 0.05) is 31.3 Å². The van der Waals surface area contributed by atoms with E-state index in [4.69, 9.17) is 0 Å². The summed E-state index contributed by atoms with van der Waals surface area (Å²) in [4.78, 5) is 157. The molecule has 1 fully saturated rings. The lowest BCUT2D eigenvalue weighted by atomic mass is 9.98. The number of likely N-dealkylation sites (tertiary alicyclic amines) is 1. The summed E-state index contributed by atoms with van der Waals surface area (Å²) in [6.07, 6.45) is -4.01. The predicted molar refractivity (Wildman–Crippen MR) is 248 cm³/mol. The summed E-state index contributed by atoms with van der Waals surface area (Å²) >= 11 is 0.916. The number of hydrogen-bond acceptors (Lipinski definition) is 14. The number of carboxylic acid groups (broad SMARTS) is 3. The molecule has 70 heavy (non-hydrogen) atoms. The second-order valence-corrected chi connectivity index (χ2v) is 18.2. The molecular weight excluding hydrogens is 943 g/mol. The molecule has 1 heterocycles. The van der Waals surface area contributed by atoms with Gasteiger partial charge in [-0.05, 0) is 68.3 Å². The molecule has 11 N–H and O–H groups in total. The Morgan fingerprint density at radius 3 is 1.67 bits per heavy atom. The fraction of sp³-hybridized carbons (Fsp3) is 0.591. The summed E-state index contributed by atoms with van der Waals surface area (Å²) in [7, 11) is 0. The molecule has 0 radical (unpaired) electrons. The molecular formula is C44H65N9O16S. The molecule has 9 amide bonds. The Hall–Kier alpha value is -6.83. The number of amides is 9. The Bertz CT molecular complexity index is 2060. The molecule has 0 bridgehead atoms. The first-order valence-corrected chi connectivity index (χ1v) is 23.4. The Labute approximate surface area is 408 Å². The van der Waals surface area contributed by atoms with Crippen molar-refractivity contribution in [3.05, 3.63) is 30.3 Å². The summed E-state index contributed by atoms with van der Waals surface area (Å²) in [6.45, 7) is 10.5. The maximum absolute atomic E-state index is 14.2. The largest absolute Gasteiger partial charge is 0.481 e. The highest BCUT2D eigenvalue weighted by Crippen LogP contribution is 2.23. The smallest absolute Gasteiger partial charge is 0.305 e. The lowest BCUT2D eigenvalue weighted by Crippen LogP contribution is -2.62. The maximum atomic E-state index is 14.2. The van der Waals surface area contributed by atoms with E-state index in [9.17, 15) is 78.0 Å². The summed E-state index contributed by atoms with van der Waals surface area (Å²) in [5.74, 6) is -13.9. The summed E-state index contributed by atoms with van der Waals surface area (Å²) < 4.78 is 0. The minimum atomic E-state index is -1.97. The first-order valence-electron chi connectivity index (χ1n) is 22.5. The van der Waals surface area contributed by atoms with E-state index in [1.807, 2.05) is 6.92 Å². The van der Waals surface area contributed by atoms with E-state index in [1.54, 1.807) is 44.2 Å². The highest BCUT2D eigenvalue weighted by atomic mass is 32.2. The standard InChI is InChI=1S/C44H65N9O16S/c1-8-18-53(44(69)70-26-13-10-9-11-14-26)51-40(65)30-15-12-19-52(30)43(68)35(23(4)5)49-41(66)34(22(2)3)48-39(64)29(21-33(60)61)47-37(62)27(16-17-31(56)57)46-42(67)36(24(6)54)50-38(63)28(20-32(58)59)45-25(7)55/h9-11,13-14,22-24,27-30,34-36,54H,8,12,15-21H2,1-7H3,(H,45,55)(H,46,67)(H,47,62)(H,48,64)(H,49,66)(H,50,63)(H,51,65)(H,56,57)(H,58,59)(H,60,61)/t24-,27+,28+,29+,30-,34+,35+,36+/m1/s1. The number of thioether (sulfide) groups is 1. The third-order valence-corrected chi connectivity index (χ3v) is 11.5. The van der Waals surface area contributed by atoms with Crippen LogP contribution >= 0.6 is 11.8 Å². The van der Waals surface area contributed by atoms with Gasteiger partial charge in [0.25, 0.3) is 5.91 Å². The molecule has 1 aliphatic rings. The van der Waals surface area contributed by atoms with E-state index in [1.165, 1.54) is 23.8 Å². The zero-order chi connectivity index (χ0) is 53.0. The van der Waals surface area contributed by atoms with E-state index >= 15 is 0 Å². The van der Waals surface area contributed by atoms with Crippen LogP contribution in [0.5, 0.6) is 0 Å². The van der Waals surface area contributed by atoms with Gasteiger partial charge in [-0.2, -0.15) is 0 Å². The molecule has 25 nitrogen and oxygen atoms in total. The SMILES string of the molecule is CCCN(NC(=O)[C@H]1CCCN1C(=O)[C@@H](NC(=O)[C@@H](NC(=O)[C@H](CC(=O)O)NC(=O)[C@H](CCC(=O)O)NC(=O)[C@@H](NC(=O)[C@H](CC(=O)O)NC(C)=O)[C@@H](C)O)C(C)C)C(C)C)C(=O)Sc1ccccc1. The Balaban J connectivity index is 2.30. The van der Waals surface area contributed by atoms with Crippen molar-refractivity contribution in [2.45, 2.75) is 147 Å². The molecule has 1 saturated heterocycles. The highest BCUT2D eigenvalue weighted by Gasteiger charge is 2.41. The third-order valence-electron chi connectivity index (χ3n) is 10.6. The fourth-order valence-electron chi connectivity index (χ4n) is 7.04. The van der Waals surface area contributed by atoms with Crippen LogP contribution in [0, 0.1) is 11.8 Å². The van der Waals surface area contributed by atoms with Gasteiger partial charge in [-0.15, -0.1) is 0 Å². The second kappa shape index (κ2) is 28.6. The van der Waals surface area contributed by atoms with E-state index in [2.05, 4.69) is 37.3 Å². The highest BCUT2D eigenvalue weighted by molar-refractivity contribution is 8.13. The molecule has 0 unspecified atom stereocenters. The minimum Gasteiger partial charge on any atom is -0.481 e. The van der Waals surface area contributed by atoms with E-state index in [0.717, 1.165) is 25.6 Å². The molecule has 388 valence electrons. The molecule has 0 aromatic heterocycles. The predicted octanol–water partition coefficient (Wildman–Crippen LogP) is -0.931. The molecule has 26 heteroatoms. The molecule has 0 spiro atoms. The number of aliphatic hydroxyl groups is 1. The van der Waals surface area contributed by atoms with Crippen LogP contribution in [0.4, 0.5) is 4.79 Å². The summed E-state index contributed by atoms with van der Waals surface area (Å²) in [6, 6.07) is -2.38. The van der Waals surface area contributed by atoms with Crippen molar-refractivity contribution >= 4 is 82.2 Å². The van der Waals surface area contributed by atoms with Crippen LogP contribution in [0.1, 0.15) is 93.4 Å². The number of aliphatic hydroxyl groups excluding tert-OH is 1. The number of nitrogens with zero attached hydrogens (tertiary/aromatic N) is 2. The molecule has 8 atom stereocenters. The minimum absolute atomic E-state index is 0.144. The van der Waals surface area contributed by atoms with Crippen molar-refractivity contribution in [3.63, 3.8) is 0 Å². The van der Waals surface area contributed by atoms with Gasteiger partial charge < -0.3 is 57.2 Å². The van der Waals surface area contributed by atoms with Gasteiger partial charge in [-0.3, -0.25) is 63.0 Å². The number of nitrogens with one attached hydrogen (secondary N) is 7. The number of benzene rings is 1. The number of rotatable bonds is 26. The van der Waals surface area contributed by atoms with Gasteiger partial charge in [-0.1, -0.05) is 52.8 Å². The molecule has 0 aliphatic carbocycles. The van der Waals surface area contributed by atoms with Crippen LogP contribution in [0.2, 0.25) is 0 Å². The van der Waals surface area contributed by atoms with Crippen molar-refractivity contribution in [3.8, 4) is 0 Å².